The zero-order valence-corrected chi connectivity index (χ0v) is 12.8. The molecule has 1 atom stereocenters. The molecule has 0 saturated carbocycles. The first-order valence-electron chi connectivity index (χ1n) is 5.59. The van der Waals surface area contributed by atoms with Crippen molar-refractivity contribution in [1.82, 2.24) is 4.98 Å². The number of pyridine rings is 1. The summed E-state index contributed by atoms with van der Waals surface area (Å²) in [5, 5.41) is 18.1. The summed E-state index contributed by atoms with van der Waals surface area (Å²) in [6.45, 7) is 3.72. The van der Waals surface area contributed by atoms with E-state index in [-0.39, 0.29) is 11.7 Å². The second-order valence-corrected chi connectivity index (χ2v) is 5.68. The minimum absolute atomic E-state index is 0.0145. The number of hydrogen-bond donors (Lipinski definition) is 1. The second-order valence-electron chi connectivity index (χ2n) is 4.11. The van der Waals surface area contributed by atoms with Crippen molar-refractivity contribution in [3.05, 3.63) is 48.7 Å². The maximum atomic E-state index is 10.8. The quantitative estimate of drug-likeness (QED) is 0.665. The molecule has 0 spiro atoms. The third kappa shape index (κ3) is 2.93. The smallest absolute Gasteiger partial charge is 0.291 e. The van der Waals surface area contributed by atoms with Gasteiger partial charge in [0.25, 0.3) is 5.69 Å². The molecule has 0 bridgehead atoms. The van der Waals surface area contributed by atoms with Gasteiger partial charge in [-0.1, -0.05) is 0 Å². The summed E-state index contributed by atoms with van der Waals surface area (Å²) < 4.78 is 0.628. The Labute approximate surface area is 123 Å². The van der Waals surface area contributed by atoms with Gasteiger partial charge in [0.1, 0.15) is 12.0 Å². The molecule has 1 unspecified atom stereocenters. The summed E-state index contributed by atoms with van der Waals surface area (Å²) in [7, 11) is 0. The molecule has 2 aromatic rings. The van der Waals surface area contributed by atoms with Crippen LogP contribution in [0.15, 0.2) is 27.5 Å². The third-order valence-electron chi connectivity index (χ3n) is 2.83. The van der Waals surface area contributed by atoms with Crippen molar-refractivity contribution in [2.24, 2.45) is 0 Å². The number of aromatic nitrogens is 1. The largest absolute Gasteiger partial charge is 0.363 e. The van der Waals surface area contributed by atoms with Crippen LogP contribution in [0.5, 0.6) is 0 Å². The Morgan fingerprint density at radius 1 is 1.58 bits per heavy atom. The van der Waals surface area contributed by atoms with E-state index < -0.39 is 4.92 Å². The van der Waals surface area contributed by atoms with Crippen molar-refractivity contribution < 1.29 is 4.92 Å². The highest BCUT2D eigenvalue weighted by Gasteiger charge is 2.18. The normalized spacial score (nSPS) is 12.2. The minimum atomic E-state index is -0.431. The predicted molar refractivity (Wildman–Crippen MR) is 79.7 cm³/mol. The van der Waals surface area contributed by atoms with Gasteiger partial charge < -0.3 is 5.32 Å². The fourth-order valence-electron chi connectivity index (χ4n) is 1.66. The fraction of sp³-hybridized carbons (Fsp3) is 0.250. The lowest BCUT2D eigenvalue weighted by Crippen LogP contribution is -2.08. The minimum Gasteiger partial charge on any atom is -0.363 e. The van der Waals surface area contributed by atoms with Crippen molar-refractivity contribution in [3.63, 3.8) is 0 Å². The molecule has 2 rings (SSSR count). The Morgan fingerprint density at radius 2 is 2.32 bits per heavy atom. The molecular weight excluding hydrogens is 330 g/mol. The first-order valence-corrected chi connectivity index (χ1v) is 7.32. The molecule has 5 nitrogen and oxygen atoms in total. The van der Waals surface area contributed by atoms with Gasteiger partial charge in [-0.25, -0.2) is 4.98 Å². The van der Waals surface area contributed by atoms with E-state index in [0.29, 0.717) is 15.9 Å². The highest BCUT2D eigenvalue weighted by Crippen LogP contribution is 2.32. The van der Waals surface area contributed by atoms with Crippen molar-refractivity contribution in [2.75, 3.05) is 5.32 Å². The van der Waals surface area contributed by atoms with Crippen molar-refractivity contribution in [3.8, 4) is 0 Å². The van der Waals surface area contributed by atoms with Gasteiger partial charge in [-0.2, -0.15) is 11.3 Å². The Kier molecular flexibility index (Phi) is 4.16. The lowest BCUT2D eigenvalue weighted by molar-refractivity contribution is -0.385. The Bertz CT molecular complexity index is 601. The zero-order chi connectivity index (χ0) is 14.0. The molecule has 0 amide bonds. The summed E-state index contributed by atoms with van der Waals surface area (Å²) in [4.78, 5) is 14.5. The van der Waals surface area contributed by atoms with E-state index in [9.17, 15) is 10.1 Å². The van der Waals surface area contributed by atoms with Crippen molar-refractivity contribution in [1.29, 1.82) is 0 Å². The lowest BCUT2D eigenvalue weighted by atomic mass is 10.2. The first-order chi connectivity index (χ1) is 9.00. The number of nitrogens with zero attached hydrogens (tertiary/aromatic N) is 2. The summed E-state index contributed by atoms with van der Waals surface area (Å²) >= 11 is 5.00. The number of anilines is 1. The van der Waals surface area contributed by atoms with Crippen LogP contribution in [0.1, 0.15) is 24.1 Å². The molecule has 7 heteroatoms. The number of nitrogens with one attached hydrogen (secondary N) is 1. The van der Waals surface area contributed by atoms with Gasteiger partial charge >= 0.3 is 0 Å². The van der Waals surface area contributed by atoms with Crippen molar-refractivity contribution >= 4 is 38.8 Å². The molecular formula is C12H12BrN3O2S. The highest BCUT2D eigenvalue weighted by molar-refractivity contribution is 9.10. The first kappa shape index (κ1) is 14.0. The van der Waals surface area contributed by atoms with Gasteiger partial charge in [0, 0.05) is 5.56 Å². The lowest BCUT2D eigenvalue weighted by Gasteiger charge is -2.15. The number of thiophene rings is 1. The maximum Gasteiger partial charge on any atom is 0.291 e. The topological polar surface area (TPSA) is 68.1 Å². The molecule has 0 aliphatic heterocycles. The van der Waals surface area contributed by atoms with Crippen LogP contribution < -0.4 is 5.32 Å². The molecule has 0 aliphatic rings. The molecule has 0 aliphatic carbocycles. The van der Waals surface area contributed by atoms with Crippen LogP contribution in [-0.2, 0) is 0 Å². The Balaban J connectivity index is 2.27. The molecule has 100 valence electrons. The predicted octanol–water partition coefficient (Wildman–Crippen LogP) is 4.30. The van der Waals surface area contributed by atoms with E-state index in [1.807, 2.05) is 18.4 Å². The van der Waals surface area contributed by atoms with Gasteiger partial charge in [0.15, 0.2) is 0 Å². The van der Waals surface area contributed by atoms with Gasteiger partial charge in [0.05, 0.1) is 15.4 Å². The van der Waals surface area contributed by atoms with Gasteiger partial charge in [-0.05, 0) is 52.2 Å². The van der Waals surface area contributed by atoms with Crippen LogP contribution in [-0.4, -0.2) is 9.91 Å². The van der Waals surface area contributed by atoms with Gasteiger partial charge in [-0.3, -0.25) is 10.1 Å². The van der Waals surface area contributed by atoms with Gasteiger partial charge in [-0.15, -0.1) is 0 Å². The van der Waals surface area contributed by atoms with Crippen LogP contribution in [0.3, 0.4) is 0 Å². The van der Waals surface area contributed by atoms with Crippen molar-refractivity contribution in [2.45, 2.75) is 19.9 Å². The van der Waals surface area contributed by atoms with Crippen LogP contribution >= 0.6 is 27.3 Å². The standard InChI is InChI=1S/C12H12BrN3O2S/c1-7-10(16(17)18)5-14-12(11(7)13)15-8(2)9-3-4-19-6-9/h3-6,8H,1-2H3,(H,14,15). The number of nitro groups is 1. The average molecular weight is 342 g/mol. The molecule has 1 N–H and O–H groups in total. The van der Waals surface area contributed by atoms with Crippen LogP contribution in [0, 0.1) is 17.0 Å². The molecule has 0 radical (unpaired) electrons. The average Bonchev–Trinajstić information content (AvgIpc) is 2.88. The Hall–Kier alpha value is -1.47. The van der Waals surface area contributed by atoms with Crippen LogP contribution in [0.25, 0.3) is 0 Å². The van der Waals surface area contributed by atoms with Crippen LogP contribution in [0.2, 0.25) is 0 Å². The maximum absolute atomic E-state index is 10.8. The van der Waals surface area contributed by atoms with E-state index in [1.165, 1.54) is 6.20 Å². The molecule has 0 saturated heterocycles. The third-order valence-corrected chi connectivity index (χ3v) is 4.50. The Morgan fingerprint density at radius 3 is 2.89 bits per heavy atom. The molecule has 19 heavy (non-hydrogen) atoms. The van der Waals surface area contributed by atoms with Gasteiger partial charge in [0.2, 0.25) is 0 Å². The molecule has 0 fully saturated rings. The zero-order valence-electron chi connectivity index (χ0n) is 10.4. The summed E-state index contributed by atoms with van der Waals surface area (Å²) in [6, 6.07) is 2.13. The van der Waals surface area contributed by atoms with E-state index in [0.717, 1.165) is 5.56 Å². The summed E-state index contributed by atoms with van der Waals surface area (Å²) in [5.74, 6) is 0.613. The van der Waals surface area contributed by atoms with Crippen LogP contribution in [0.4, 0.5) is 11.5 Å². The van der Waals surface area contributed by atoms with E-state index in [1.54, 1.807) is 18.3 Å². The van der Waals surface area contributed by atoms with E-state index in [2.05, 4.69) is 31.6 Å². The summed E-state index contributed by atoms with van der Waals surface area (Å²) in [6.07, 6.45) is 1.28. The SMILES string of the molecule is Cc1c([N+](=O)[O-])cnc(NC(C)c2ccsc2)c1Br. The second kappa shape index (κ2) is 5.66. The number of rotatable bonds is 4. The summed E-state index contributed by atoms with van der Waals surface area (Å²) in [5.41, 5.74) is 1.75. The number of halogens is 1. The number of hydrogen-bond acceptors (Lipinski definition) is 5. The fourth-order valence-corrected chi connectivity index (χ4v) is 2.84. The molecule has 0 aromatic carbocycles. The molecule has 2 aromatic heterocycles. The van der Waals surface area contributed by atoms with E-state index >= 15 is 0 Å². The molecule has 2 heterocycles. The van der Waals surface area contributed by atoms with E-state index in [4.69, 9.17) is 0 Å². The monoisotopic (exact) mass is 341 g/mol. The highest BCUT2D eigenvalue weighted by atomic mass is 79.9.